The van der Waals surface area contributed by atoms with Crippen molar-refractivity contribution >= 4 is 160 Å². The third-order valence-corrected chi connectivity index (χ3v) is 18.3. The van der Waals surface area contributed by atoms with Crippen molar-refractivity contribution in [3.8, 4) is 29.2 Å². The van der Waals surface area contributed by atoms with Gasteiger partial charge in [0, 0.05) is 92.8 Å². The number of thiophene rings is 3. The van der Waals surface area contributed by atoms with Crippen molar-refractivity contribution in [2.24, 2.45) is 0 Å². The van der Waals surface area contributed by atoms with Gasteiger partial charge in [-0.15, -0.1) is 34.0 Å². The lowest BCUT2D eigenvalue weighted by atomic mass is 10.0. The monoisotopic (exact) mass is 941 g/mol. The van der Waals surface area contributed by atoms with Gasteiger partial charge in [-0.2, -0.15) is 10.5 Å². The van der Waals surface area contributed by atoms with E-state index in [-0.39, 0.29) is 0 Å². The Morgan fingerprint density at radius 3 is 0.986 bits per heavy atom. The first-order valence-electron chi connectivity index (χ1n) is 23.2. The molecule has 10 aromatic carbocycles. The second-order valence-corrected chi connectivity index (χ2v) is 21.3. The van der Waals surface area contributed by atoms with Gasteiger partial charge >= 0.3 is 0 Å². The average Bonchev–Trinajstić information content (AvgIpc) is 4.26. The van der Waals surface area contributed by atoms with Crippen LogP contribution in [0.25, 0.3) is 143 Å². The van der Waals surface area contributed by atoms with Crippen LogP contribution < -0.4 is 0 Å². The lowest BCUT2D eigenvalue weighted by molar-refractivity contribution is 1.07. The minimum absolute atomic E-state index is 0.422. The number of benzene rings is 10. The molecule has 0 saturated heterocycles. The Hall–Kier alpha value is -8.76. The van der Waals surface area contributed by atoms with E-state index in [2.05, 4.69) is 214 Å². The highest BCUT2D eigenvalue weighted by molar-refractivity contribution is 7.27. The van der Waals surface area contributed by atoms with Crippen LogP contribution in [0.15, 0.2) is 188 Å². The first kappa shape index (κ1) is 38.2. The average molecular weight is 942 g/mol. The Kier molecular flexibility index (Phi) is 7.60. The highest BCUT2D eigenvalue weighted by Crippen LogP contribution is 2.49. The number of nitrogens with zero attached hydrogens (tertiary/aromatic N) is 5. The molecule has 0 fully saturated rings. The summed E-state index contributed by atoms with van der Waals surface area (Å²) in [6.45, 7) is 0. The summed E-state index contributed by atoms with van der Waals surface area (Å²) in [5.74, 6) is 0. The minimum atomic E-state index is 0.422. The third-order valence-electron chi connectivity index (χ3n) is 14.7. The standard InChI is InChI=1S/C62H31N5S3/c63-32-43-51(65-45-19-7-1-16-40(45)56-48(65)28-25-37-34-13-4-10-22-53(34)68-60(37)56)31-52(66-46-20-8-2-17-41(46)57-49(66)29-26-38-35-14-5-11-23-54(35)69-61(38)57)44(33-64)59(43)67-47-21-9-3-18-42(47)58-50(67)30-27-39-36-15-6-12-24-55(36)70-62(39)58/h1-31H. The molecule has 6 heterocycles. The highest BCUT2D eigenvalue weighted by atomic mass is 32.1. The largest absolute Gasteiger partial charge is 0.308 e. The third kappa shape index (κ3) is 4.82. The number of nitriles is 2. The van der Waals surface area contributed by atoms with Crippen molar-refractivity contribution in [1.29, 1.82) is 10.5 Å². The fourth-order valence-corrected chi connectivity index (χ4v) is 15.7. The van der Waals surface area contributed by atoms with Crippen molar-refractivity contribution in [2.75, 3.05) is 0 Å². The molecule has 16 aromatic rings. The maximum absolute atomic E-state index is 12.0. The molecule has 0 atom stereocenters. The van der Waals surface area contributed by atoms with E-state index in [1.165, 1.54) is 60.5 Å². The summed E-state index contributed by atoms with van der Waals surface area (Å²) >= 11 is 5.43. The van der Waals surface area contributed by atoms with Gasteiger partial charge in [0.25, 0.3) is 0 Å². The number of rotatable bonds is 3. The Balaban J connectivity index is 1.12. The normalized spacial score (nSPS) is 12.3. The number of para-hydroxylation sites is 3. The van der Waals surface area contributed by atoms with Crippen LogP contribution in [0.1, 0.15) is 11.1 Å². The van der Waals surface area contributed by atoms with E-state index in [4.69, 9.17) is 0 Å². The summed E-state index contributed by atoms with van der Waals surface area (Å²) in [7, 11) is 0. The zero-order chi connectivity index (χ0) is 45.9. The van der Waals surface area contributed by atoms with Crippen LogP contribution >= 0.6 is 34.0 Å². The van der Waals surface area contributed by atoms with Gasteiger partial charge in [-0.25, -0.2) is 0 Å². The second kappa shape index (κ2) is 13.9. The van der Waals surface area contributed by atoms with Gasteiger partial charge in [-0.05, 0) is 60.7 Å². The Morgan fingerprint density at radius 2 is 0.614 bits per heavy atom. The summed E-state index contributed by atoms with van der Waals surface area (Å²) in [5, 5.41) is 38.0. The summed E-state index contributed by atoms with van der Waals surface area (Å²) < 4.78 is 14.1. The molecule has 70 heavy (non-hydrogen) atoms. The van der Waals surface area contributed by atoms with Crippen LogP contribution in [0, 0.1) is 22.7 Å². The van der Waals surface area contributed by atoms with Gasteiger partial charge in [0.2, 0.25) is 0 Å². The molecule has 6 aromatic heterocycles. The predicted molar refractivity (Wildman–Crippen MR) is 298 cm³/mol. The lowest BCUT2D eigenvalue weighted by Gasteiger charge is -2.21. The van der Waals surface area contributed by atoms with Gasteiger partial charge in [0.15, 0.2) is 0 Å². The molecular formula is C62H31N5S3. The van der Waals surface area contributed by atoms with Crippen LogP contribution in [0.5, 0.6) is 0 Å². The molecule has 0 aliphatic heterocycles. The van der Waals surface area contributed by atoms with E-state index >= 15 is 0 Å². The first-order chi connectivity index (χ1) is 34.7. The van der Waals surface area contributed by atoms with Crippen molar-refractivity contribution in [3.05, 3.63) is 199 Å². The zero-order valence-corrected chi connectivity index (χ0v) is 39.3. The van der Waals surface area contributed by atoms with Gasteiger partial charge in [-0.1, -0.05) is 127 Å². The van der Waals surface area contributed by atoms with Crippen molar-refractivity contribution in [3.63, 3.8) is 0 Å². The number of hydrogen-bond donors (Lipinski definition) is 0. The summed E-state index contributed by atoms with van der Waals surface area (Å²) in [4.78, 5) is 0. The second-order valence-electron chi connectivity index (χ2n) is 18.1. The highest BCUT2D eigenvalue weighted by Gasteiger charge is 2.30. The number of fused-ring (bicyclic) bond motifs is 21. The van der Waals surface area contributed by atoms with Gasteiger partial charge < -0.3 is 13.7 Å². The molecule has 0 radical (unpaired) electrons. The van der Waals surface area contributed by atoms with Crippen molar-refractivity contribution < 1.29 is 0 Å². The lowest BCUT2D eigenvalue weighted by Crippen LogP contribution is -2.11. The zero-order valence-electron chi connectivity index (χ0n) is 36.9. The van der Waals surface area contributed by atoms with Gasteiger partial charge in [0.05, 0.1) is 50.2 Å². The molecule has 0 unspecified atom stereocenters. The minimum Gasteiger partial charge on any atom is -0.308 e. The molecule has 5 nitrogen and oxygen atoms in total. The Bertz CT molecular complexity index is 4890. The van der Waals surface area contributed by atoms with Crippen LogP contribution in [-0.2, 0) is 0 Å². The van der Waals surface area contributed by atoms with E-state index in [9.17, 15) is 10.5 Å². The fraction of sp³-hybridized carbons (Fsp3) is 0. The van der Waals surface area contributed by atoms with Crippen LogP contribution in [-0.4, -0.2) is 13.7 Å². The van der Waals surface area contributed by atoms with Gasteiger partial charge in [0.1, 0.15) is 23.3 Å². The molecule has 16 rings (SSSR count). The van der Waals surface area contributed by atoms with E-state index in [0.717, 1.165) is 65.4 Å². The quantitative estimate of drug-likeness (QED) is 0.177. The molecule has 0 aliphatic rings. The molecule has 8 heteroatoms. The van der Waals surface area contributed by atoms with Gasteiger partial charge in [-0.3, -0.25) is 0 Å². The van der Waals surface area contributed by atoms with E-state index in [1.807, 2.05) is 22.7 Å². The first-order valence-corrected chi connectivity index (χ1v) is 25.7. The Labute approximate surface area is 409 Å². The number of hydrogen-bond acceptors (Lipinski definition) is 5. The Morgan fingerprint density at radius 1 is 0.300 bits per heavy atom. The van der Waals surface area contributed by atoms with Crippen molar-refractivity contribution in [1.82, 2.24) is 13.7 Å². The molecule has 322 valence electrons. The molecule has 0 saturated carbocycles. The predicted octanol–water partition coefficient (Wildman–Crippen LogP) is 17.8. The summed E-state index contributed by atoms with van der Waals surface area (Å²) in [6.07, 6.45) is 0. The molecule has 0 spiro atoms. The van der Waals surface area contributed by atoms with Crippen LogP contribution in [0.2, 0.25) is 0 Å². The maximum atomic E-state index is 12.0. The topological polar surface area (TPSA) is 62.4 Å². The summed E-state index contributed by atoms with van der Waals surface area (Å²) in [5.41, 5.74) is 8.68. The molecule has 0 aliphatic carbocycles. The maximum Gasteiger partial charge on any atom is 0.104 e. The number of aromatic nitrogens is 3. The summed E-state index contributed by atoms with van der Waals surface area (Å²) in [6, 6.07) is 72.6. The molecule has 0 amide bonds. The molecule has 0 N–H and O–H groups in total. The van der Waals surface area contributed by atoms with Crippen LogP contribution in [0.4, 0.5) is 0 Å². The smallest absolute Gasteiger partial charge is 0.104 e. The fourth-order valence-electron chi connectivity index (χ4n) is 11.9. The van der Waals surface area contributed by atoms with Crippen molar-refractivity contribution in [2.45, 2.75) is 0 Å². The van der Waals surface area contributed by atoms with Crippen LogP contribution in [0.3, 0.4) is 0 Å². The SMILES string of the molecule is N#Cc1c(-n2c3ccccc3c3c4sc5ccccc5c4ccc32)cc(-n2c3ccccc3c3c4sc5ccccc5c4ccc32)c(C#N)c1-n1c2ccccc2c2c3sc4ccccc4c3ccc21. The molecule has 0 bridgehead atoms. The van der Waals surface area contributed by atoms with E-state index in [0.29, 0.717) is 28.2 Å². The van der Waals surface area contributed by atoms with E-state index in [1.54, 1.807) is 11.3 Å². The van der Waals surface area contributed by atoms with E-state index < -0.39 is 0 Å². The molecular weight excluding hydrogens is 911 g/mol.